The number of para-hydroxylation sites is 1. The lowest BCUT2D eigenvalue weighted by Gasteiger charge is -2.20. The second-order valence-corrected chi connectivity index (χ2v) is 5.57. The molecule has 1 amide bonds. The summed E-state index contributed by atoms with van der Waals surface area (Å²) in [5, 5.41) is 0.822. The maximum absolute atomic E-state index is 12.1. The molecule has 0 spiro atoms. The predicted molar refractivity (Wildman–Crippen MR) is 81.6 cm³/mol. The normalized spacial score (nSPS) is 14.8. The number of hydrogen-bond donors (Lipinski definition) is 2. The quantitative estimate of drug-likeness (QED) is 0.486. The van der Waals surface area contributed by atoms with Crippen LogP contribution in [0.1, 0.15) is 42.3 Å². The van der Waals surface area contributed by atoms with E-state index in [1.807, 2.05) is 24.3 Å². The number of furan rings is 1. The molecular weight excluding hydrogens is 266 g/mol. The maximum atomic E-state index is 12.1. The zero-order chi connectivity index (χ0) is 14.8. The van der Waals surface area contributed by atoms with Gasteiger partial charge >= 0.3 is 0 Å². The van der Waals surface area contributed by atoms with Gasteiger partial charge in [0.25, 0.3) is 5.91 Å². The average molecular weight is 287 g/mol. The molecule has 1 heterocycles. The molecule has 5 nitrogen and oxygen atoms in total. The van der Waals surface area contributed by atoms with Gasteiger partial charge in [0, 0.05) is 11.4 Å². The standard InChI is InChI=1S/C16H21N3O2/c1-2-9-19(11-7-8-11)10-14-15(16(20)18-17)12-5-3-4-6-13(12)21-14/h3-6,11H,2,7-10,17H2,1H3,(H,18,20). The number of carbonyl (C=O) groups is 1. The number of hydrazine groups is 1. The Morgan fingerprint density at radius 3 is 2.86 bits per heavy atom. The van der Waals surface area contributed by atoms with Gasteiger partial charge in [0.1, 0.15) is 11.3 Å². The first-order valence-corrected chi connectivity index (χ1v) is 7.50. The molecule has 1 aliphatic rings. The first-order chi connectivity index (χ1) is 10.2. The van der Waals surface area contributed by atoms with Crippen molar-refractivity contribution in [2.45, 2.75) is 38.8 Å². The summed E-state index contributed by atoms with van der Waals surface area (Å²) in [6, 6.07) is 8.22. The SMILES string of the molecule is CCCN(Cc1oc2ccccc2c1C(=O)NN)C1CC1. The van der Waals surface area contributed by atoms with Crippen LogP contribution in [0.2, 0.25) is 0 Å². The van der Waals surface area contributed by atoms with Crippen LogP contribution in [0, 0.1) is 0 Å². The molecule has 1 fully saturated rings. The van der Waals surface area contributed by atoms with Crippen LogP contribution >= 0.6 is 0 Å². The van der Waals surface area contributed by atoms with E-state index in [4.69, 9.17) is 10.3 Å². The van der Waals surface area contributed by atoms with Crippen LogP contribution in [-0.2, 0) is 6.54 Å². The number of nitrogens with one attached hydrogen (secondary N) is 1. The Balaban J connectivity index is 1.98. The Morgan fingerprint density at radius 2 is 2.19 bits per heavy atom. The van der Waals surface area contributed by atoms with Gasteiger partial charge in [0.05, 0.1) is 12.1 Å². The number of nitrogens with zero attached hydrogens (tertiary/aromatic N) is 1. The Morgan fingerprint density at radius 1 is 1.43 bits per heavy atom. The van der Waals surface area contributed by atoms with Crippen molar-refractivity contribution in [3.05, 3.63) is 35.6 Å². The lowest BCUT2D eigenvalue weighted by molar-refractivity contribution is 0.0951. The number of carbonyl (C=O) groups excluding carboxylic acids is 1. The van der Waals surface area contributed by atoms with E-state index >= 15 is 0 Å². The minimum atomic E-state index is -0.290. The summed E-state index contributed by atoms with van der Waals surface area (Å²) >= 11 is 0. The monoisotopic (exact) mass is 287 g/mol. The van der Waals surface area contributed by atoms with Gasteiger partial charge < -0.3 is 4.42 Å². The molecule has 2 aromatic rings. The van der Waals surface area contributed by atoms with Crippen molar-refractivity contribution in [3.8, 4) is 0 Å². The molecule has 0 aliphatic heterocycles. The van der Waals surface area contributed by atoms with Crippen LogP contribution in [-0.4, -0.2) is 23.4 Å². The van der Waals surface area contributed by atoms with Crippen molar-refractivity contribution >= 4 is 16.9 Å². The third-order valence-corrected chi connectivity index (χ3v) is 3.95. The molecule has 5 heteroatoms. The van der Waals surface area contributed by atoms with Crippen LogP contribution in [0.4, 0.5) is 0 Å². The highest BCUT2D eigenvalue weighted by molar-refractivity contribution is 6.07. The first kappa shape index (κ1) is 14.1. The van der Waals surface area contributed by atoms with Crippen LogP contribution in [0.25, 0.3) is 11.0 Å². The van der Waals surface area contributed by atoms with E-state index in [0.29, 0.717) is 23.9 Å². The van der Waals surface area contributed by atoms with Crippen molar-refractivity contribution < 1.29 is 9.21 Å². The number of nitrogens with two attached hydrogens (primary N) is 1. The van der Waals surface area contributed by atoms with Gasteiger partial charge in [-0.05, 0) is 31.9 Å². The van der Waals surface area contributed by atoms with E-state index < -0.39 is 0 Å². The van der Waals surface area contributed by atoms with E-state index in [9.17, 15) is 4.79 Å². The third-order valence-electron chi connectivity index (χ3n) is 3.95. The Labute approximate surface area is 124 Å². The molecule has 112 valence electrons. The molecule has 21 heavy (non-hydrogen) atoms. The molecule has 3 rings (SSSR count). The molecule has 0 unspecified atom stereocenters. The topological polar surface area (TPSA) is 71.5 Å². The van der Waals surface area contributed by atoms with Crippen molar-refractivity contribution in [2.24, 2.45) is 5.84 Å². The molecule has 0 bridgehead atoms. The smallest absolute Gasteiger partial charge is 0.269 e. The van der Waals surface area contributed by atoms with Gasteiger partial charge in [0.2, 0.25) is 0 Å². The average Bonchev–Trinajstić information content (AvgIpc) is 3.27. The summed E-state index contributed by atoms with van der Waals surface area (Å²) in [5.74, 6) is 5.75. The minimum absolute atomic E-state index is 0.290. The number of fused-ring (bicyclic) bond motifs is 1. The summed E-state index contributed by atoms with van der Waals surface area (Å²) in [5.41, 5.74) is 3.53. The zero-order valence-electron chi connectivity index (χ0n) is 12.3. The third kappa shape index (κ3) is 2.80. The highest BCUT2D eigenvalue weighted by atomic mass is 16.3. The van der Waals surface area contributed by atoms with Crippen molar-refractivity contribution in [1.82, 2.24) is 10.3 Å². The molecule has 0 atom stereocenters. The molecule has 0 saturated heterocycles. The summed E-state index contributed by atoms with van der Waals surface area (Å²) < 4.78 is 5.92. The van der Waals surface area contributed by atoms with Gasteiger partial charge in [-0.2, -0.15) is 0 Å². The number of nitrogen functional groups attached to an aromatic ring is 1. The minimum Gasteiger partial charge on any atom is -0.459 e. The lowest BCUT2D eigenvalue weighted by atomic mass is 10.1. The number of hydrogen-bond acceptors (Lipinski definition) is 4. The van der Waals surface area contributed by atoms with Gasteiger partial charge in [-0.1, -0.05) is 25.1 Å². The summed E-state index contributed by atoms with van der Waals surface area (Å²) in [7, 11) is 0. The largest absolute Gasteiger partial charge is 0.459 e. The highest BCUT2D eigenvalue weighted by Crippen LogP contribution is 2.32. The van der Waals surface area contributed by atoms with Crippen molar-refractivity contribution in [3.63, 3.8) is 0 Å². The molecule has 3 N–H and O–H groups in total. The first-order valence-electron chi connectivity index (χ1n) is 7.50. The summed E-state index contributed by atoms with van der Waals surface area (Å²) in [6.45, 7) is 3.85. The van der Waals surface area contributed by atoms with Crippen molar-refractivity contribution in [2.75, 3.05) is 6.54 Å². The van der Waals surface area contributed by atoms with Crippen LogP contribution in [0.15, 0.2) is 28.7 Å². The molecular formula is C16H21N3O2. The number of benzene rings is 1. The Hall–Kier alpha value is -1.85. The van der Waals surface area contributed by atoms with E-state index in [1.54, 1.807) is 0 Å². The molecule has 0 radical (unpaired) electrons. The summed E-state index contributed by atoms with van der Waals surface area (Å²) in [4.78, 5) is 14.5. The van der Waals surface area contributed by atoms with E-state index in [0.717, 1.165) is 23.9 Å². The van der Waals surface area contributed by atoms with E-state index in [1.165, 1.54) is 12.8 Å². The van der Waals surface area contributed by atoms with Gasteiger partial charge in [-0.25, -0.2) is 5.84 Å². The van der Waals surface area contributed by atoms with Crippen LogP contribution in [0.5, 0.6) is 0 Å². The van der Waals surface area contributed by atoms with E-state index in [2.05, 4.69) is 17.2 Å². The fraction of sp³-hybridized carbons (Fsp3) is 0.438. The molecule has 1 aromatic heterocycles. The maximum Gasteiger partial charge on any atom is 0.269 e. The molecule has 1 saturated carbocycles. The fourth-order valence-corrected chi connectivity index (χ4v) is 2.83. The number of rotatable bonds is 6. The highest BCUT2D eigenvalue weighted by Gasteiger charge is 2.31. The number of amides is 1. The van der Waals surface area contributed by atoms with Crippen molar-refractivity contribution in [1.29, 1.82) is 0 Å². The fourth-order valence-electron chi connectivity index (χ4n) is 2.83. The van der Waals surface area contributed by atoms with E-state index in [-0.39, 0.29) is 5.91 Å². The predicted octanol–water partition coefficient (Wildman–Crippen LogP) is 2.41. The Kier molecular flexibility index (Phi) is 3.94. The van der Waals surface area contributed by atoms with Crippen LogP contribution in [0.3, 0.4) is 0 Å². The van der Waals surface area contributed by atoms with Gasteiger partial charge in [0.15, 0.2) is 0 Å². The zero-order valence-corrected chi connectivity index (χ0v) is 12.3. The molecule has 1 aromatic carbocycles. The second kappa shape index (κ2) is 5.87. The molecule has 1 aliphatic carbocycles. The summed E-state index contributed by atoms with van der Waals surface area (Å²) in [6.07, 6.45) is 3.56. The van der Waals surface area contributed by atoms with Gasteiger partial charge in [-0.15, -0.1) is 0 Å². The van der Waals surface area contributed by atoms with Gasteiger partial charge in [-0.3, -0.25) is 15.1 Å². The second-order valence-electron chi connectivity index (χ2n) is 5.57. The lowest BCUT2D eigenvalue weighted by Crippen LogP contribution is -2.32. The van der Waals surface area contributed by atoms with Crippen LogP contribution < -0.4 is 11.3 Å². The Bertz CT molecular complexity index is 646.